The van der Waals surface area contributed by atoms with Crippen molar-refractivity contribution in [1.82, 2.24) is 14.9 Å². The van der Waals surface area contributed by atoms with Gasteiger partial charge in [-0.1, -0.05) is 49.6 Å². The highest BCUT2D eigenvalue weighted by Gasteiger charge is 2.43. The number of hydrogen-bond acceptors (Lipinski definition) is 3. The highest BCUT2D eigenvalue weighted by atomic mass is 19.1. The molecule has 1 amide bonds. The van der Waals surface area contributed by atoms with Crippen molar-refractivity contribution in [2.75, 3.05) is 7.05 Å². The maximum atomic E-state index is 14.0. The second-order valence-corrected chi connectivity index (χ2v) is 8.06. The number of halogens is 1. The van der Waals surface area contributed by atoms with E-state index in [9.17, 15) is 9.18 Å². The van der Waals surface area contributed by atoms with Gasteiger partial charge in [0.15, 0.2) is 0 Å². The van der Waals surface area contributed by atoms with Gasteiger partial charge >= 0.3 is 0 Å². The summed E-state index contributed by atoms with van der Waals surface area (Å²) in [6.07, 6.45) is 4.55. The minimum atomic E-state index is -0.666. The van der Waals surface area contributed by atoms with E-state index in [1.165, 1.54) is 12.1 Å². The molecule has 1 fully saturated rings. The molecular formula is C24H26FN3O. The second kappa shape index (κ2) is 7.90. The molecule has 1 heterocycles. The van der Waals surface area contributed by atoms with E-state index in [0.29, 0.717) is 12.4 Å². The first-order chi connectivity index (χ1) is 14.0. The Balaban J connectivity index is 1.64. The topological polar surface area (TPSA) is 46.1 Å². The molecule has 1 aliphatic carbocycles. The van der Waals surface area contributed by atoms with Gasteiger partial charge in [0, 0.05) is 18.1 Å². The summed E-state index contributed by atoms with van der Waals surface area (Å²) in [7, 11) is 1.80. The van der Waals surface area contributed by atoms with E-state index in [4.69, 9.17) is 0 Å². The quantitative estimate of drug-likeness (QED) is 0.633. The Morgan fingerprint density at radius 3 is 2.59 bits per heavy atom. The van der Waals surface area contributed by atoms with Gasteiger partial charge in [-0.3, -0.25) is 4.79 Å². The first-order valence-electron chi connectivity index (χ1n) is 10.2. The summed E-state index contributed by atoms with van der Waals surface area (Å²) in [4.78, 5) is 24.6. The Kier molecular flexibility index (Phi) is 5.31. The number of hydrogen-bond donors (Lipinski definition) is 0. The van der Waals surface area contributed by atoms with Crippen LogP contribution in [0.5, 0.6) is 0 Å². The summed E-state index contributed by atoms with van der Waals surface area (Å²) < 4.78 is 14.0. The number of aromatic nitrogens is 2. The standard InChI is InChI=1S/C24H26FN3O/c1-17-20-11-4-5-12-21(20)27-22(26-17)16-28(2)23(29)24(13-6-3-7-14-24)18-9-8-10-19(25)15-18/h4-5,8-12,15H,3,6-7,13-14,16H2,1-2H3. The van der Waals surface area contributed by atoms with E-state index in [0.717, 1.165) is 54.3 Å². The number of fused-ring (bicyclic) bond motifs is 1. The summed E-state index contributed by atoms with van der Waals surface area (Å²) in [5.74, 6) is 0.357. The van der Waals surface area contributed by atoms with Crippen molar-refractivity contribution < 1.29 is 9.18 Å². The van der Waals surface area contributed by atoms with Crippen molar-refractivity contribution in [2.24, 2.45) is 0 Å². The van der Waals surface area contributed by atoms with Crippen molar-refractivity contribution in [1.29, 1.82) is 0 Å². The molecule has 1 aliphatic rings. The van der Waals surface area contributed by atoms with Crippen LogP contribution in [0.1, 0.15) is 49.2 Å². The van der Waals surface area contributed by atoms with Gasteiger partial charge in [-0.05, 0) is 43.5 Å². The van der Waals surface area contributed by atoms with E-state index in [1.807, 2.05) is 37.3 Å². The average molecular weight is 391 g/mol. The molecule has 0 aliphatic heterocycles. The van der Waals surface area contributed by atoms with Gasteiger partial charge in [0.25, 0.3) is 0 Å². The van der Waals surface area contributed by atoms with Crippen LogP contribution < -0.4 is 0 Å². The molecule has 4 nitrogen and oxygen atoms in total. The Morgan fingerprint density at radius 2 is 1.83 bits per heavy atom. The van der Waals surface area contributed by atoms with Gasteiger partial charge < -0.3 is 4.90 Å². The van der Waals surface area contributed by atoms with Crippen LogP contribution in [0.4, 0.5) is 4.39 Å². The first kappa shape index (κ1) is 19.5. The molecule has 0 bridgehead atoms. The third kappa shape index (κ3) is 3.74. The van der Waals surface area contributed by atoms with Crippen molar-refractivity contribution in [3.63, 3.8) is 0 Å². The zero-order valence-corrected chi connectivity index (χ0v) is 17.0. The maximum Gasteiger partial charge on any atom is 0.233 e. The molecule has 0 atom stereocenters. The lowest BCUT2D eigenvalue weighted by Gasteiger charge is -2.39. The molecule has 29 heavy (non-hydrogen) atoms. The molecule has 4 rings (SSSR count). The number of amides is 1. The fourth-order valence-corrected chi connectivity index (χ4v) is 4.58. The molecule has 1 aromatic heterocycles. The molecule has 5 heteroatoms. The lowest BCUT2D eigenvalue weighted by atomic mass is 9.68. The molecule has 1 saturated carbocycles. The molecule has 2 aromatic carbocycles. The van der Waals surface area contributed by atoms with E-state index in [2.05, 4.69) is 9.97 Å². The van der Waals surface area contributed by atoms with Gasteiger partial charge in [-0.2, -0.15) is 0 Å². The molecule has 3 aromatic rings. The molecular weight excluding hydrogens is 365 g/mol. The van der Waals surface area contributed by atoms with Crippen molar-refractivity contribution in [3.05, 3.63) is 71.4 Å². The largest absolute Gasteiger partial charge is 0.337 e. The van der Waals surface area contributed by atoms with Crippen molar-refractivity contribution in [3.8, 4) is 0 Å². The number of carbonyl (C=O) groups is 1. The molecule has 150 valence electrons. The van der Waals surface area contributed by atoms with Crippen LogP contribution >= 0.6 is 0 Å². The van der Waals surface area contributed by atoms with Gasteiger partial charge in [-0.15, -0.1) is 0 Å². The molecule has 0 N–H and O–H groups in total. The van der Waals surface area contributed by atoms with Crippen LogP contribution in [-0.4, -0.2) is 27.8 Å². The predicted octanol–water partition coefficient (Wildman–Crippen LogP) is 4.94. The van der Waals surface area contributed by atoms with Gasteiger partial charge in [0.2, 0.25) is 5.91 Å². The van der Waals surface area contributed by atoms with Gasteiger partial charge in [0.05, 0.1) is 17.5 Å². The number of carbonyl (C=O) groups excluding carboxylic acids is 1. The van der Waals surface area contributed by atoms with Crippen LogP contribution in [0.3, 0.4) is 0 Å². The Morgan fingerprint density at radius 1 is 1.07 bits per heavy atom. The molecule has 0 radical (unpaired) electrons. The summed E-state index contributed by atoms with van der Waals surface area (Å²) >= 11 is 0. The lowest BCUT2D eigenvalue weighted by Crippen LogP contribution is -2.46. The first-order valence-corrected chi connectivity index (χ1v) is 10.2. The minimum Gasteiger partial charge on any atom is -0.337 e. The fourth-order valence-electron chi connectivity index (χ4n) is 4.58. The maximum absolute atomic E-state index is 14.0. The fraction of sp³-hybridized carbons (Fsp3) is 0.375. The van der Waals surface area contributed by atoms with E-state index in [-0.39, 0.29) is 11.7 Å². The predicted molar refractivity (Wildman–Crippen MR) is 112 cm³/mol. The van der Waals surface area contributed by atoms with E-state index < -0.39 is 5.41 Å². The smallest absolute Gasteiger partial charge is 0.233 e. The number of para-hydroxylation sites is 1. The Hall–Kier alpha value is -2.82. The third-order valence-corrected chi connectivity index (χ3v) is 6.06. The molecule has 0 spiro atoms. The highest BCUT2D eigenvalue weighted by Crippen LogP contribution is 2.41. The summed E-state index contributed by atoms with van der Waals surface area (Å²) in [6, 6.07) is 14.4. The summed E-state index contributed by atoms with van der Waals surface area (Å²) in [5, 5.41) is 1.02. The van der Waals surface area contributed by atoms with E-state index >= 15 is 0 Å². The van der Waals surface area contributed by atoms with Gasteiger partial charge in [0.1, 0.15) is 11.6 Å². The summed E-state index contributed by atoms with van der Waals surface area (Å²) in [5.41, 5.74) is 1.91. The highest BCUT2D eigenvalue weighted by molar-refractivity contribution is 5.88. The normalized spacial score (nSPS) is 16.0. The van der Waals surface area contributed by atoms with Crippen molar-refractivity contribution in [2.45, 2.75) is 51.0 Å². The zero-order valence-electron chi connectivity index (χ0n) is 17.0. The van der Waals surface area contributed by atoms with Crippen LogP contribution in [0, 0.1) is 12.7 Å². The van der Waals surface area contributed by atoms with Crippen molar-refractivity contribution >= 4 is 16.8 Å². The number of aryl methyl sites for hydroxylation is 1. The number of benzene rings is 2. The minimum absolute atomic E-state index is 0.0252. The molecule has 0 unspecified atom stereocenters. The number of likely N-dealkylation sites (N-methyl/N-ethyl adjacent to an activating group) is 1. The SMILES string of the molecule is Cc1nc(CN(C)C(=O)C2(c3cccc(F)c3)CCCCC2)nc2ccccc12. The third-order valence-electron chi connectivity index (χ3n) is 6.06. The Labute approximate surface area is 170 Å². The number of rotatable bonds is 4. The average Bonchev–Trinajstić information content (AvgIpc) is 2.73. The summed E-state index contributed by atoms with van der Waals surface area (Å²) in [6.45, 7) is 2.30. The van der Waals surface area contributed by atoms with E-state index in [1.54, 1.807) is 18.0 Å². The van der Waals surface area contributed by atoms with Crippen LogP contribution in [0.2, 0.25) is 0 Å². The second-order valence-electron chi connectivity index (χ2n) is 8.06. The monoisotopic (exact) mass is 391 g/mol. The van der Waals surface area contributed by atoms with Gasteiger partial charge in [-0.25, -0.2) is 14.4 Å². The van der Waals surface area contributed by atoms with Crippen LogP contribution in [-0.2, 0) is 16.8 Å². The van der Waals surface area contributed by atoms with Crippen LogP contribution in [0.25, 0.3) is 10.9 Å². The Bertz CT molecular complexity index is 1040. The number of nitrogens with zero attached hydrogens (tertiary/aromatic N) is 3. The van der Waals surface area contributed by atoms with Crippen LogP contribution in [0.15, 0.2) is 48.5 Å². The molecule has 0 saturated heterocycles. The lowest BCUT2D eigenvalue weighted by molar-refractivity contribution is -0.138. The zero-order chi connectivity index (χ0) is 20.4.